The van der Waals surface area contributed by atoms with Crippen LogP contribution in [-0.4, -0.2) is 32.1 Å². The summed E-state index contributed by atoms with van der Waals surface area (Å²) in [4.78, 5) is 2.06. The SMILES string of the molecule is CCNC(CCN(C)C)c1cc(F)cc(F)c1. The molecule has 0 saturated carbocycles. The molecular weight excluding hydrogens is 222 g/mol. The van der Waals surface area contributed by atoms with E-state index in [0.717, 1.165) is 25.6 Å². The second-order valence-corrected chi connectivity index (χ2v) is 4.40. The van der Waals surface area contributed by atoms with E-state index in [4.69, 9.17) is 0 Å². The topological polar surface area (TPSA) is 15.3 Å². The van der Waals surface area contributed by atoms with Crippen molar-refractivity contribution in [3.05, 3.63) is 35.4 Å². The van der Waals surface area contributed by atoms with Gasteiger partial charge in [0.05, 0.1) is 0 Å². The molecule has 0 spiro atoms. The zero-order valence-electron chi connectivity index (χ0n) is 10.6. The normalized spacial score (nSPS) is 13.1. The Morgan fingerprint density at radius 1 is 1.18 bits per heavy atom. The number of nitrogens with one attached hydrogen (secondary N) is 1. The zero-order chi connectivity index (χ0) is 12.8. The molecule has 96 valence electrons. The highest BCUT2D eigenvalue weighted by Gasteiger charge is 2.12. The average molecular weight is 242 g/mol. The molecule has 0 aliphatic carbocycles. The summed E-state index contributed by atoms with van der Waals surface area (Å²) in [5, 5.41) is 3.25. The van der Waals surface area contributed by atoms with Crippen LogP contribution in [0, 0.1) is 11.6 Å². The van der Waals surface area contributed by atoms with Gasteiger partial charge in [0.15, 0.2) is 0 Å². The number of hydrogen-bond donors (Lipinski definition) is 1. The molecule has 1 unspecified atom stereocenters. The average Bonchev–Trinajstić information content (AvgIpc) is 2.22. The minimum absolute atomic E-state index is 0.00685. The van der Waals surface area contributed by atoms with Crippen LogP contribution in [0.1, 0.15) is 24.9 Å². The number of rotatable bonds is 6. The van der Waals surface area contributed by atoms with Crippen LogP contribution in [0.4, 0.5) is 8.78 Å². The lowest BCUT2D eigenvalue weighted by Crippen LogP contribution is -2.25. The second kappa shape index (κ2) is 6.67. The molecule has 0 bridgehead atoms. The van der Waals surface area contributed by atoms with Crippen LogP contribution in [0.15, 0.2) is 18.2 Å². The number of nitrogens with zero attached hydrogens (tertiary/aromatic N) is 1. The van der Waals surface area contributed by atoms with Crippen LogP contribution in [0.25, 0.3) is 0 Å². The van der Waals surface area contributed by atoms with Gasteiger partial charge in [-0.05, 0) is 51.3 Å². The van der Waals surface area contributed by atoms with E-state index in [1.165, 1.54) is 12.1 Å². The van der Waals surface area contributed by atoms with Gasteiger partial charge in [0, 0.05) is 12.1 Å². The maximum Gasteiger partial charge on any atom is 0.126 e. The molecule has 4 heteroatoms. The van der Waals surface area contributed by atoms with Gasteiger partial charge in [-0.3, -0.25) is 0 Å². The third-order valence-corrected chi connectivity index (χ3v) is 2.60. The molecule has 0 fully saturated rings. The summed E-state index contributed by atoms with van der Waals surface area (Å²) >= 11 is 0. The van der Waals surface area contributed by atoms with Crippen LogP contribution >= 0.6 is 0 Å². The van der Waals surface area contributed by atoms with Crippen molar-refractivity contribution in [1.29, 1.82) is 0 Å². The van der Waals surface area contributed by atoms with Crippen molar-refractivity contribution in [1.82, 2.24) is 10.2 Å². The third kappa shape index (κ3) is 4.79. The van der Waals surface area contributed by atoms with Crippen molar-refractivity contribution >= 4 is 0 Å². The molecule has 17 heavy (non-hydrogen) atoms. The highest BCUT2D eigenvalue weighted by Crippen LogP contribution is 2.19. The quantitative estimate of drug-likeness (QED) is 0.824. The van der Waals surface area contributed by atoms with Gasteiger partial charge in [0.2, 0.25) is 0 Å². The standard InChI is InChI=1S/C13H20F2N2/c1-4-16-13(5-6-17(2)3)10-7-11(14)9-12(15)8-10/h7-9,13,16H,4-6H2,1-3H3. The Morgan fingerprint density at radius 3 is 2.24 bits per heavy atom. The number of hydrogen-bond acceptors (Lipinski definition) is 2. The highest BCUT2D eigenvalue weighted by molar-refractivity contribution is 5.21. The van der Waals surface area contributed by atoms with Crippen molar-refractivity contribution in [2.75, 3.05) is 27.2 Å². The molecule has 0 amide bonds. The third-order valence-electron chi connectivity index (χ3n) is 2.60. The van der Waals surface area contributed by atoms with E-state index in [2.05, 4.69) is 10.2 Å². The summed E-state index contributed by atoms with van der Waals surface area (Å²) in [5.74, 6) is -1.04. The molecule has 1 atom stereocenters. The van der Waals surface area contributed by atoms with E-state index in [-0.39, 0.29) is 6.04 Å². The molecule has 1 aromatic carbocycles. The first-order valence-electron chi connectivity index (χ1n) is 5.87. The van der Waals surface area contributed by atoms with Crippen LogP contribution in [-0.2, 0) is 0 Å². The van der Waals surface area contributed by atoms with Gasteiger partial charge >= 0.3 is 0 Å². The van der Waals surface area contributed by atoms with Gasteiger partial charge in [0.25, 0.3) is 0 Å². The smallest absolute Gasteiger partial charge is 0.126 e. The van der Waals surface area contributed by atoms with E-state index in [1.807, 2.05) is 21.0 Å². The predicted molar refractivity (Wildman–Crippen MR) is 65.9 cm³/mol. The van der Waals surface area contributed by atoms with Gasteiger partial charge in [-0.1, -0.05) is 6.92 Å². The highest BCUT2D eigenvalue weighted by atomic mass is 19.1. The summed E-state index contributed by atoms with van der Waals surface area (Å²) in [6, 6.07) is 3.68. The zero-order valence-corrected chi connectivity index (χ0v) is 10.6. The minimum atomic E-state index is -0.521. The van der Waals surface area contributed by atoms with E-state index in [1.54, 1.807) is 0 Å². The van der Waals surface area contributed by atoms with E-state index >= 15 is 0 Å². The van der Waals surface area contributed by atoms with Crippen LogP contribution in [0.3, 0.4) is 0 Å². The van der Waals surface area contributed by atoms with Crippen molar-refractivity contribution in [2.45, 2.75) is 19.4 Å². The van der Waals surface area contributed by atoms with Crippen LogP contribution in [0.2, 0.25) is 0 Å². The monoisotopic (exact) mass is 242 g/mol. The molecule has 0 radical (unpaired) electrons. The molecule has 0 aliphatic rings. The lowest BCUT2D eigenvalue weighted by Gasteiger charge is -2.20. The lowest BCUT2D eigenvalue weighted by molar-refractivity contribution is 0.362. The van der Waals surface area contributed by atoms with E-state index < -0.39 is 11.6 Å². The van der Waals surface area contributed by atoms with Gasteiger partial charge in [0.1, 0.15) is 11.6 Å². The Labute approximate surface area is 102 Å². The summed E-state index contributed by atoms with van der Waals surface area (Å²) in [6.45, 7) is 3.63. The molecule has 2 nitrogen and oxygen atoms in total. The van der Waals surface area contributed by atoms with Crippen molar-refractivity contribution in [3.63, 3.8) is 0 Å². The van der Waals surface area contributed by atoms with E-state index in [0.29, 0.717) is 5.56 Å². The van der Waals surface area contributed by atoms with Crippen LogP contribution < -0.4 is 5.32 Å². The summed E-state index contributed by atoms with van der Waals surface area (Å²) < 4.78 is 26.3. The Bertz CT molecular complexity index is 333. The molecule has 0 saturated heterocycles. The number of halogens is 2. The second-order valence-electron chi connectivity index (χ2n) is 4.40. The molecule has 1 rings (SSSR count). The fourth-order valence-corrected chi connectivity index (χ4v) is 1.80. The molecular formula is C13H20F2N2. The van der Waals surface area contributed by atoms with E-state index in [9.17, 15) is 8.78 Å². The van der Waals surface area contributed by atoms with Crippen molar-refractivity contribution in [2.24, 2.45) is 0 Å². The Morgan fingerprint density at radius 2 is 1.76 bits per heavy atom. The van der Waals surface area contributed by atoms with Gasteiger partial charge in [-0.25, -0.2) is 8.78 Å². The first kappa shape index (κ1) is 14.1. The number of benzene rings is 1. The molecule has 0 aliphatic heterocycles. The van der Waals surface area contributed by atoms with Gasteiger partial charge in [-0.2, -0.15) is 0 Å². The molecule has 0 aromatic heterocycles. The van der Waals surface area contributed by atoms with Gasteiger partial charge in [-0.15, -0.1) is 0 Å². The fraction of sp³-hybridized carbons (Fsp3) is 0.538. The first-order valence-corrected chi connectivity index (χ1v) is 5.87. The van der Waals surface area contributed by atoms with Crippen LogP contribution in [0.5, 0.6) is 0 Å². The summed E-state index contributed by atoms with van der Waals surface area (Å²) in [7, 11) is 3.96. The summed E-state index contributed by atoms with van der Waals surface area (Å²) in [5.41, 5.74) is 0.672. The maximum absolute atomic E-state index is 13.1. The molecule has 1 aromatic rings. The van der Waals surface area contributed by atoms with Crippen molar-refractivity contribution < 1.29 is 8.78 Å². The lowest BCUT2D eigenvalue weighted by atomic mass is 10.0. The van der Waals surface area contributed by atoms with Crippen molar-refractivity contribution in [3.8, 4) is 0 Å². The minimum Gasteiger partial charge on any atom is -0.310 e. The molecule has 0 heterocycles. The van der Waals surface area contributed by atoms with Gasteiger partial charge < -0.3 is 10.2 Å². The largest absolute Gasteiger partial charge is 0.310 e. The Hall–Kier alpha value is -1.00. The fourth-order valence-electron chi connectivity index (χ4n) is 1.80. The maximum atomic E-state index is 13.1. The first-order chi connectivity index (χ1) is 8.02. The molecule has 1 N–H and O–H groups in total. The summed E-state index contributed by atoms with van der Waals surface area (Å²) in [6.07, 6.45) is 0.823. The Balaban J connectivity index is 2.80. The Kier molecular flexibility index (Phi) is 5.51. The predicted octanol–water partition coefficient (Wildman–Crippen LogP) is 2.57.